The lowest BCUT2D eigenvalue weighted by molar-refractivity contribution is 0.292. The van der Waals surface area contributed by atoms with Crippen LogP contribution in [0.15, 0.2) is 18.2 Å². The molecule has 3 nitrogen and oxygen atoms in total. The third-order valence-corrected chi connectivity index (χ3v) is 1.53. The second-order valence-electron chi connectivity index (χ2n) is 2.67. The Morgan fingerprint density at radius 2 is 2.33 bits per heavy atom. The van der Waals surface area contributed by atoms with Gasteiger partial charge < -0.3 is 10.4 Å². The van der Waals surface area contributed by atoms with Crippen LogP contribution in [-0.2, 0) is 0 Å². The summed E-state index contributed by atoms with van der Waals surface area (Å²) in [5.74, 6) is 0.878. The van der Waals surface area contributed by atoms with Crippen molar-refractivity contribution in [2.45, 2.75) is 13.3 Å². The molecule has 1 aromatic heterocycles. The second-order valence-corrected chi connectivity index (χ2v) is 2.67. The fraction of sp³-hybridized carbons (Fsp3) is 0.444. The van der Waals surface area contributed by atoms with Gasteiger partial charge in [0.15, 0.2) is 0 Å². The molecule has 0 saturated carbocycles. The number of hydrogen-bond acceptors (Lipinski definition) is 3. The number of anilines is 1. The van der Waals surface area contributed by atoms with Crippen LogP contribution in [0.1, 0.15) is 12.1 Å². The van der Waals surface area contributed by atoms with Gasteiger partial charge in [-0.3, -0.25) is 0 Å². The highest BCUT2D eigenvalue weighted by Gasteiger charge is 1.91. The summed E-state index contributed by atoms with van der Waals surface area (Å²) >= 11 is 0. The van der Waals surface area contributed by atoms with Gasteiger partial charge in [-0.15, -0.1) is 0 Å². The number of rotatable bonds is 4. The molecule has 0 bridgehead atoms. The van der Waals surface area contributed by atoms with Gasteiger partial charge in [0.05, 0.1) is 0 Å². The zero-order chi connectivity index (χ0) is 8.81. The molecule has 0 spiro atoms. The Morgan fingerprint density at radius 1 is 1.50 bits per heavy atom. The molecule has 0 aliphatic rings. The van der Waals surface area contributed by atoms with Crippen LogP contribution in [0.25, 0.3) is 0 Å². The van der Waals surface area contributed by atoms with Crippen LogP contribution in [0.5, 0.6) is 0 Å². The van der Waals surface area contributed by atoms with Crippen molar-refractivity contribution in [3.05, 3.63) is 23.9 Å². The van der Waals surface area contributed by atoms with Crippen LogP contribution >= 0.6 is 0 Å². The molecule has 0 atom stereocenters. The van der Waals surface area contributed by atoms with E-state index in [-0.39, 0.29) is 6.61 Å². The van der Waals surface area contributed by atoms with E-state index in [1.54, 1.807) is 0 Å². The smallest absolute Gasteiger partial charge is 0.126 e. The summed E-state index contributed by atoms with van der Waals surface area (Å²) in [6.07, 6.45) is 0.760. The second kappa shape index (κ2) is 4.72. The van der Waals surface area contributed by atoms with Gasteiger partial charge in [0.25, 0.3) is 0 Å². The molecule has 0 aromatic carbocycles. The fourth-order valence-electron chi connectivity index (χ4n) is 0.937. The van der Waals surface area contributed by atoms with E-state index in [1.807, 2.05) is 25.1 Å². The molecule has 66 valence electrons. The molecule has 1 heterocycles. The molecule has 0 aliphatic heterocycles. The maximum atomic E-state index is 8.54. The minimum atomic E-state index is 0.221. The molecule has 1 aromatic rings. The molecule has 12 heavy (non-hydrogen) atoms. The van der Waals surface area contributed by atoms with Crippen LogP contribution in [0, 0.1) is 6.92 Å². The summed E-state index contributed by atoms with van der Waals surface area (Å²) < 4.78 is 0. The maximum Gasteiger partial charge on any atom is 0.126 e. The van der Waals surface area contributed by atoms with Crippen LogP contribution in [-0.4, -0.2) is 23.2 Å². The van der Waals surface area contributed by atoms with E-state index < -0.39 is 0 Å². The Labute approximate surface area is 72.5 Å². The van der Waals surface area contributed by atoms with Gasteiger partial charge in [0, 0.05) is 18.8 Å². The van der Waals surface area contributed by atoms with Crippen molar-refractivity contribution in [3.63, 3.8) is 0 Å². The van der Waals surface area contributed by atoms with Crippen molar-refractivity contribution in [1.29, 1.82) is 0 Å². The Kier molecular flexibility index (Phi) is 3.54. The van der Waals surface area contributed by atoms with Crippen LogP contribution < -0.4 is 5.32 Å². The predicted octanol–water partition coefficient (Wildman–Crippen LogP) is 1.18. The summed E-state index contributed by atoms with van der Waals surface area (Å²) in [6.45, 7) is 2.95. The van der Waals surface area contributed by atoms with Gasteiger partial charge in [-0.2, -0.15) is 0 Å². The molecule has 0 aliphatic carbocycles. The summed E-state index contributed by atoms with van der Waals surface area (Å²) in [4.78, 5) is 4.25. The number of nitrogens with zero attached hydrogens (tertiary/aromatic N) is 1. The van der Waals surface area contributed by atoms with E-state index in [9.17, 15) is 0 Å². The van der Waals surface area contributed by atoms with E-state index in [2.05, 4.69) is 10.3 Å². The Morgan fingerprint density at radius 3 is 3.00 bits per heavy atom. The average molecular weight is 166 g/mol. The highest BCUT2D eigenvalue weighted by molar-refractivity contribution is 5.34. The molecule has 0 amide bonds. The fourth-order valence-corrected chi connectivity index (χ4v) is 0.937. The SMILES string of the molecule is Cc1cccc(NCCCO)n1. The predicted molar refractivity (Wildman–Crippen MR) is 49.2 cm³/mol. The minimum Gasteiger partial charge on any atom is -0.396 e. The minimum absolute atomic E-state index is 0.221. The quantitative estimate of drug-likeness (QED) is 0.660. The summed E-state index contributed by atoms with van der Waals surface area (Å²) in [5, 5.41) is 11.7. The third-order valence-electron chi connectivity index (χ3n) is 1.53. The Bertz CT molecular complexity index is 238. The van der Waals surface area contributed by atoms with Crippen molar-refractivity contribution in [1.82, 2.24) is 4.98 Å². The zero-order valence-electron chi connectivity index (χ0n) is 7.25. The number of aliphatic hydroxyl groups excluding tert-OH is 1. The molecule has 0 saturated heterocycles. The molecule has 2 N–H and O–H groups in total. The van der Waals surface area contributed by atoms with E-state index in [0.29, 0.717) is 0 Å². The topological polar surface area (TPSA) is 45.1 Å². The molecular weight excluding hydrogens is 152 g/mol. The van der Waals surface area contributed by atoms with Crippen LogP contribution in [0.3, 0.4) is 0 Å². The summed E-state index contributed by atoms with van der Waals surface area (Å²) in [6, 6.07) is 5.84. The molecule has 0 unspecified atom stereocenters. The van der Waals surface area contributed by atoms with Gasteiger partial charge in [-0.25, -0.2) is 4.98 Å². The van der Waals surface area contributed by atoms with Gasteiger partial charge in [0.2, 0.25) is 0 Å². The first-order valence-electron chi connectivity index (χ1n) is 4.11. The number of nitrogens with one attached hydrogen (secondary N) is 1. The van der Waals surface area contributed by atoms with Crippen LogP contribution in [0.4, 0.5) is 5.82 Å². The number of aliphatic hydroxyl groups is 1. The van der Waals surface area contributed by atoms with Gasteiger partial charge >= 0.3 is 0 Å². The average Bonchev–Trinajstić information content (AvgIpc) is 2.05. The number of hydrogen-bond donors (Lipinski definition) is 2. The van der Waals surface area contributed by atoms with E-state index >= 15 is 0 Å². The van der Waals surface area contributed by atoms with Crippen molar-refractivity contribution in [2.75, 3.05) is 18.5 Å². The standard InChI is InChI=1S/C9H14N2O/c1-8-4-2-5-9(11-8)10-6-3-7-12/h2,4-5,12H,3,6-7H2,1H3,(H,10,11). The van der Waals surface area contributed by atoms with Crippen molar-refractivity contribution in [2.24, 2.45) is 0 Å². The molecular formula is C9H14N2O. The third kappa shape index (κ3) is 2.88. The van der Waals surface area contributed by atoms with Crippen LogP contribution in [0.2, 0.25) is 0 Å². The van der Waals surface area contributed by atoms with Gasteiger partial charge in [0.1, 0.15) is 5.82 Å². The summed E-state index contributed by atoms with van der Waals surface area (Å²) in [5.41, 5.74) is 1.00. The largest absolute Gasteiger partial charge is 0.396 e. The normalized spacial score (nSPS) is 9.83. The highest BCUT2D eigenvalue weighted by atomic mass is 16.3. The molecule has 1 rings (SSSR count). The first-order chi connectivity index (χ1) is 5.83. The number of aryl methyl sites for hydroxylation is 1. The molecule has 0 fully saturated rings. The number of aromatic nitrogens is 1. The lowest BCUT2D eigenvalue weighted by Gasteiger charge is -2.03. The first kappa shape index (κ1) is 9.00. The first-order valence-corrected chi connectivity index (χ1v) is 4.11. The van der Waals surface area contributed by atoms with Gasteiger partial charge in [-0.05, 0) is 25.5 Å². The van der Waals surface area contributed by atoms with E-state index in [1.165, 1.54) is 0 Å². The van der Waals surface area contributed by atoms with Crippen molar-refractivity contribution < 1.29 is 5.11 Å². The van der Waals surface area contributed by atoms with Crippen molar-refractivity contribution >= 4 is 5.82 Å². The highest BCUT2D eigenvalue weighted by Crippen LogP contribution is 2.02. The van der Waals surface area contributed by atoms with Crippen molar-refractivity contribution in [3.8, 4) is 0 Å². The maximum absolute atomic E-state index is 8.54. The van der Waals surface area contributed by atoms with E-state index in [4.69, 9.17) is 5.11 Å². The monoisotopic (exact) mass is 166 g/mol. The summed E-state index contributed by atoms with van der Waals surface area (Å²) in [7, 11) is 0. The lowest BCUT2D eigenvalue weighted by Crippen LogP contribution is -2.04. The molecule has 3 heteroatoms. The Hall–Kier alpha value is -1.09. The van der Waals surface area contributed by atoms with Gasteiger partial charge in [-0.1, -0.05) is 6.07 Å². The van der Waals surface area contributed by atoms with E-state index in [0.717, 1.165) is 24.5 Å². The zero-order valence-corrected chi connectivity index (χ0v) is 7.25. The Balaban J connectivity index is 2.41. The number of pyridine rings is 1. The molecule has 0 radical (unpaired) electrons. The lowest BCUT2D eigenvalue weighted by atomic mass is 10.3.